The Hall–Kier alpha value is -3.46. The van der Waals surface area contributed by atoms with Gasteiger partial charge in [0.1, 0.15) is 29.4 Å². The molecule has 176 valence electrons. The number of anilines is 2. The summed E-state index contributed by atoms with van der Waals surface area (Å²) in [5.74, 6) is 1.28. The first-order chi connectivity index (χ1) is 15.9. The maximum Gasteiger partial charge on any atom is 0.256 e. The third-order valence-corrected chi connectivity index (χ3v) is 5.90. The molecule has 0 aliphatic carbocycles. The molecule has 0 unspecified atom stereocenters. The zero-order valence-corrected chi connectivity index (χ0v) is 19.5. The van der Waals surface area contributed by atoms with Crippen LogP contribution in [0.1, 0.15) is 60.9 Å². The zero-order valence-electron chi connectivity index (χ0n) is 19.5. The number of carbonyl (C=O) groups is 1. The molecule has 0 aromatic carbocycles. The summed E-state index contributed by atoms with van der Waals surface area (Å²) < 4.78 is 2.17. The summed E-state index contributed by atoms with van der Waals surface area (Å²) in [6, 6.07) is 0. The SMILES string of the molecule is C=C(/C=C(\C=C/C)c1cn(CCN)c(C2CCN(c3ncnc(N)c3C(N)=O)CC2)n1)CC. The van der Waals surface area contributed by atoms with E-state index < -0.39 is 5.91 Å². The topological polar surface area (TPSA) is 142 Å². The first-order valence-corrected chi connectivity index (χ1v) is 11.3. The van der Waals surface area contributed by atoms with E-state index in [1.165, 1.54) is 6.33 Å². The highest BCUT2D eigenvalue weighted by molar-refractivity contribution is 6.01. The molecule has 0 bridgehead atoms. The van der Waals surface area contributed by atoms with E-state index in [4.69, 9.17) is 22.2 Å². The molecule has 9 heteroatoms. The van der Waals surface area contributed by atoms with Gasteiger partial charge in [-0.25, -0.2) is 15.0 Å². The molecule has 1 aliphatic rings. The highest BCUT2D eigenvalue weighted by Crippen LogP contribution is 2.32. The van der Waals surface area contributed by atoms with Crippen molar-refractivity contribution in [3.05, 3.63) is 60.0 Å². The Morgan fingerprint density at radius 1 is 1.30 bits per heavy atom. The van der Waals surface area contributed by atoms with Crippen LogP contribution < -0.4 is 22.1 Å². The van der Waals surface area contributed by atoms with Crippen molar-refractivity contribution < 1.29 is 4.79 Å². The largest absolute Gasteiger partial charge is 0.383 e. The molecule has 0 atom stereocenters. The van der Waals surface area contributed by atoms with Crippen LogP contribution in [-0.2, 0) is 6.54 Å². The summed E-state index contributed by atoms with van der Waals surface area (Å²) in [6.45, 7) is 10.9. The van der Waals surface area contributed by atoms with E-state index in [9.17, 15) is 4.79 Å². The minimum Gasteiger partial charge on any atom is -0.383 e. The number of nitrogens with zero attached hydrogens (tertiary/aromatic N) is 5. The standard InChI is InChI=1S/C24H34N8O/c1-4-6-18(13-16(3)5-2)19-14-32(12-9-25)23(30-19)17-7-10-31(11-8-17)24-20(22(27)33)21(26)28-15-29-24/h4,6,13-15,17H,3,5,7-12,25H2,1-2H3,(H2,27,33)(H2,26,28,29)/b6-4-,18-13+. The molecule has 0 saturated carbocycles. The van der Waals surface area contributed by atoms with Gasteiger partial charge in [-0.2, -0.15) is 0 Å². The predicted octanol–water partition coefficient (Wildman–Crippen LogP) is 2.62. The van der Waals surface area contributed by atoms with E-state index >= 15 is 0 Å². The lowest BCUT2D eigenvalue weighted by Crippen LogP contribution is -2.36. The van der Waals surface area contributed by atoms with Crippen LogP contribution in [0.15, 0.2) is 42.9 Å². The molecule has 2 aromatic rings. The van der Waals surface area contributed by atoms with E-state index in [2.05, 4.69) is 46.4 Å². The number of nitrogens with two attached hydrogens (primary N) is 3. The molecule has 0 spiro atoms. The maximum absolute atomic E-state index is 11.9. The minimum atomic E-state index is -0.620. The van der Waals surface area contributed by atoms with Gasteiger partial charge in [-0.1, -0.05) is 37.3 Å². The van der Waals surface area contributed by atoms with Gasteiger partial charge in [0.15, 0.2) is 0 Å². The van der Waals surface area contributed by atoms with Crippen LogP contribution in [0.2, 0.25) is 0 Å². The molecular formula is C24H34N8O. The Kier molecular flexibility index (Phi) is 8.00. The van der Waals surface area contributed by atoms with Gasteiger partial charge >= 0.3 is 0 Å². The van der Waals surface area contributed by atoms with Gasteiger partial charge in [0.25, 0.3) is 5.91 Å². The predicted molar refractivity (Wildman–Crippen MR) is 133 cm³/mol. The number of amides is 1. The summed E-state index contributed by atoms with van der Waals surface area (Å²) in [7, 11) is 0. The Bertz CT molecular complexity index is 1060. The third-order valence-electron chi connectivity index (χ3n) is 5.90. The highest BCUT2D eigenvalue weighted by atomic mass is 16.1. The summed E-state index contributed by atoms with van der Waals surface area (Å²) in [4.78, 5) is 27.2. The molecular weight excluding hydrogens is 416 g/mol. The lowest BCUT2D eigenvalue weighted by molar-refractivity contribution is 0.100. The molecule has 3 heterocycles. The van der Waals surface area contributed by atoms with Crippen LogP contribution in [0.5, 0.6) is 0 Å². The lowest BCUT2D eigenvalue weighted by atomic mass is 9.95. The van der Waals surface area contributed by atoms with E-state index in [0.29, 0.717) is 32.0 Å². The third kappa shape index (κ3) is 5.48. The number of rotatable bonds is 9. The Morgan fingerprint density at radius 3 is 2.64 bits per heavy atom. The second-order valence-electron chi connectivity index (χ2n) is 8.16. The first-order valence-electron chi connectivity index (χ1n) is 11.3. The summed E-state index contributed by atoms with van der Waals surface area (Å²) >= 11 is 0. The van der Waals surface area contributed by atoms with Crippen LogP contribution in [0.3, 0.4) is 0 Å². The molecule has 9 nitrogen and oxygen atoms in total. The number of hydrogen-bond donors (Lipinski definition) is 3. The number of carbonyl (C=O) groups excluding carboxylic acids is 1. The fraction of sp³-hybridized carbons (Fsp3) is 0.417. The van der Waals surface area contributed by atoms with Crippen LogP contribution >= 0.6 is 0 Å². The number of hydrogen-bond acceptors (Lipinski definition) is 7. The van der Waals surface area contributed by atoms with Crippen LogP contribution in [0, 0.1) is 0 Å². The summed E-state index contributed by atoms with van der Waals surface area (Å²) in [6.07, 6.45) is 12.2. The molecule has 33 heavy (non-hydrogen) atoms. The van der Waals surface area contributed by atoms with Crippen molar-refractivity contribution in [1.29, 1.82) is 0 Å². The van der Waals surface area contributed by atoms with Crippen molar-refractivity contribution in [2.45, 2.75) is 45.6 Å². The van der Waals surface area contributed by atoms with E-state index in [1.807, 2.05) is 17.9 Å². The molecule has 3 rings (SSSR count). The van der Waals surface area contributed by atoms with Crippen LogP contribution in [0.25, 0.3) is 5.57 Å². The van der Waals surface area contributed by atoms with Crippen molar-refractivity contribution >= 4 is 23.1 Å². The smallest absolute Gasteiger partial charge is 0.256 e. The van der Waals surface area contributed by atoms with Gasteiger partial charge < -0.3 is 26.7 Å². The number of nitrogen functional groups attached to an aromatic ring is 1. The van der Waals surface area contributed by atoms with Gasteiger partial charge in [0.05, 0.1) is 5.69 Å². The molecule has 1 saturated heterocycles. The minimum absolute atomic E-state index is 0.106. The maximum atomic E-state index is 11.9. The van der Waals surface area contributed by atoms with E-state index in [1.54, 1.807) is 0 Å². The van der Waals surface area contributed by atoms with Gasteiger partial charge in [0, 0.05) is 43.9 Å². The zero-order chi connectivity index (χ0) is 24.0. The van der Waals surface area contributed by atoms with Gasteiger partial charge in [0.2, 0.25) is 0 Å². The van der Waals surface area contributed by atoms with Crippen molar-refractivity contribution in [2.24, 2.45) is 11.5 Å². The fourth-order valence-corrected chi connectivity index (χ4v) is 4.14. The average Bonchev–Trinajstić information content (AvgIpc) is 3.22. The number of allylic oxidation sites excluding steroid dienone is 5. The van der Waals surface area contributed by atoms with Gasteiger partial charge in [-0.3, -0.25) is 4.79 Å². The molecule has 2 aromatic heterocycles. The Balaban J connectivity index is 1.86. The second-order valence-corrected chi connectivity index (χ2v) is 8.16. The van der Waals surface area contributed by atoms with Crippen molar-refractivity contribution in [2.75, 3.05) is 30.3 Å². The monoisotopic (exact) mass is 450 g/mol. The Morgan fingerprint density at radius 2 is 2.03 bits per heavy atom. The Labute approximate surface area is 195 Å². The van der Waals surface area contributed by atoms with Crippen molar-refractivity contribution in [1.82, 2.24) is 19.5 Å². The average molecular weight is 451 g/mol. The number of primary amides is 1. The quantitative estimate of drug-likeness (QED) is 0.498. The summed E-state index contributed by atoms with van der Waals surface area (Å²) in [5.41, 5.74) is 20.5. The molecule has 1 aliphatic heterocycles. The number of imidazole rings is 1. The number of piperidine rings is 1. The summed E-state index contributed by atoms with van der Waals surface area (Å²) in [5, 5.41) is 0. The second kappa shape index (κ2) is 10.9. The molecule has 6 N–H and O–H groups in total. The number of aromatic nitrogens is 4. The normalized spacial score (nSPS) is 15.4. The van der Waals surface area contributed by atoms with Gasteiger partial charge in [-0.15, -0.1) is 0 Å². The molecule has 1 fully saturated rings. The van der Waals surface area contributed by atoms with E-state index in [-0.39, 0.29) is 17.3 Å². The van der Waals surface area contributed by atoms with Crippen molar-refractivity contribution in [3.63, 3.8) is 0 Å². The van der Waals surface area contributed by atoms with Crippen LogP contribution in [0.4, 0.5) is 11.6 Å². The van der Waals surface area contributed by atoms with Gasteiger partial charge in [-0.05, 0) is 26.2 Å². The molecule has 0 radical (unpaired) electrons. The van der Waals surface area contributed by atoms with Crippen molar-refractivity contribution in [3.8, 4) is 0 Å². The van der Waals surface area contributed by atoms with Crippen LogP contribution in [-0.4, -0.2) is 45.1 Å². The first kappa shape index (κ1) is 24.2. The molecule has 1 amide bonds. The fourth-order valence-electron chi connectivity index (χ4n) is 4.14. The van der Waals surface area contributed by atoms with E-state index in [0.717, 1.165) is 41.9 Å². The highest BCUT2D eigenvalue weighted by Gasteiger charge is 2.28. The lowest BCUT2D eigenvalue weighted by Gasteiger charge is -2.33.